The fraction of sp³-hybridized carbons (Fsp3) is 0.148. The summed E-state index contributed by atoms with van der Waals surface area (Å²) in [6.07, 6.45) is 1.57. The Morgan fingerprint density at radius 2 is 1.79 bits per heavy atom. The number of fused-ring (bicyclic) bond motifs is 3. The summed E-state index contributed by atoms with van der Waals surface area (Å²) in [4.78, 5) is 31.2. The molecule has 0 saturated heterocycles. The lowest BCUT2D eigenvalue weighted by atomic mass is 10.1. The average Bonchev–Trinajstić information content (AvgIpc) is 3.15. The number of rotatable bonds is 6. The third-order valence-corrected chi connectivity index (χ3v) is 5.85. The number of amides is 1. The highest BCUT2D eigenvalue weighted by molar-refractivity contribution is 6.06. The largest absolute Gasteiger partial charge is 0.497 e. The molecule has 3 aromatic carbocycles. The summed E-state index contributed by atoms with van der Waals surface area (Å²) in [5.41, 5.74) is 4.34. The van der Waals surface area contributed by atoms with Gasteiger partial charge in [-0.2, -0.15) is 0 Å². The van der Waals surface area contributed by atoms with E-state index in [1.807, 2.05) is 79.7 Å². The molecule has 0 unspecified atom stereocenters. The van der Waals surface area contributed by atoms with Crippen LogP contribution < -0.4 is 15.6 Å². The highest BCUT2D eigenvalue weighted by atomic mass is 16.5. The van der Waals surface area contributed by atoms with Crippen molar-refractivity contribution in [3.8, 4) is 5.75 Å². The third kappa shape index (κ3) is 4.03. The minimum atomic E-state index is -0.212. The second kappa shape index (κ2) is 8.86. The van der Waals surface area contributed by atoms with Crippen LogP contribution in [0.4, 0.5) is 5.69 Å². The summed E-state index contributed by atoms with van der Waals surface area (Å²) in [7, 11) is 1.62. The molecular formula is C27H24N4O3. The molecule has 0 aliphatic rings. The fourth-order valence-electron chi connectivity index (χ4n) is 4.18. The van der Waals surface area contributed by atoms with Crippen LogP contribution in [0.2, 0.25) is 0 Å². The van der Waals surface area contributed by atoms with E-state index in [1.165, 1.54) is 0 Å². The van der Waals surface area contributed by atoms with E-state index in [1.54, 1.807) is 22.6 Å². The molecule has 5 aromatic rings. The zero-order chi connectivity index (χ0) is 23.7. The average molecular weight is 453 g/mol. The molecule has 0 fully saturated rings. The number of para-hydroxylation sites is 1. The molecule has 1 N–H and O–H groups in total. The number of hydrogen-bond donors (Lipinski definition) is 1. The van der Waals surface area contributed by atoms with E-state index in [-0.39, 0.29) is 18.0 Å². The highest BCUT2D eigenvalue weighted by Crippen LogP contribution is 2.26. The molecule has 0 saturated carbocycles. The van der Waals surface area contributed by atoms with Crippen LogP contribution >= 0.6 is 0 Å². The van der Waals surface area contributed by atoms with Crippen molar-refractivity contribution in [2.24, 2.45) is 0 Å². The maximum atomic E-state index is 13.6. The molecule has 170 valence electrons. The predicted molar refractivity (Wildman–Crippen MR) is 133 cm³/mol. The van der Waals surface area contributed by atoms with E-state index in [2.05, 4.69) is 10.3 Å². The van der Waals surface area contributed by atoms with Gasteiger partial charge in [-0.25, -0.2) is 4.98 Å². The Balaban J connectivity index is 1.59. The van der Waals surface area contributed by atoms with Gasteiger partial charge in [0.05, 0.1) is 25.5 Å². The normalized spacial score (nSPS) is 11.1. The number of carbonyl (C=O) groups is 1. The van der Waals surface area contributed by atoms with Crippen LogP contribution in [0.15, 0.2) is 83.9 Å². The number of nitrogens with zero attached hydrogens (tertiary/aromatic N) is 3. The molecule has 0 aliphatic carbocycles. The molecule has 0 aliphatic heterocycles. The lowest BCUT2D eigenvalue weighted by Gasteiger charge is -2.10. The topological polar surface area (TPSA) is 78.2 Å². The van der Waals surface area contributed by atoms with E-state index >= 15 is 0 Å². The van der Waals surface area contributed by atoms with Crippen molar-refractivity contribution < 1.29 is 9.53 Å². The van der Waals surface area contributed by atoms with Crippen LogP contribution in [-0.2, 0) is 17.9 Å². The number of aromatic nitrogens is 3. The van der Waals surface area contributed by atoms with Gasteiger partial charge < -0.3 is 14.6 Å². The number of benzene rings is 3. The minimum absolute atomic E-state index is 0.00141. The SMILES string of the molecule is COc1ccc(Cn2cnc3c4cc(C)ccc4n(CC(=O)Nc4ccccc4)c3c2=O)cc1. The summed E-state index contributed by atoms with van der Waals surface area (Å²) in [5.74, 6) is 0.542. The van der Waals surface area contributed by atoms with Crippen molar-refractivity contribution in [3.63, 3.8) is 0 Å². The maximum absolute atomic E-state index is 13.6. The van der Waals surface area contributed by atoms with E-state index < -0.39 is 0 Å². The van der Waals surface area contributed by atoms with Gasteiger partial charge in [0.25, 0.3) is 5.56 Å². The van der Waals surface area contributed by atoms with Crippen molar-refractivity contribution in [3.05, 3.63) is 101 Å². The molecular weight excluding hydrogens is 428 g/mol. The smallest absolute Gasteiger partial charge is 0.278 e. The molecule has 7 heteroatoms. The van der Waals surface area contributed by atoms with Crippen LogP contribution in [-0.4, -0.2) is 27.1 Å². The predicted octanol–water partition coefficient (Wildman–Crippen LogP) is 4.36. The van der Waals surface area contributed by atoms with Gasteiger partial charge in [0.1, 0.15) is 23.3 Å². The summed E-state index contributed by atoms with van der Waals surface area (Å²) >= 11 is 0. The maximum Gasteiger partial charge on any atom is 0.278 e. The van der Waals surface area contributed by atoms with Gasteiger partial charge in [-0.1, -0.05) is 42.0 Å². The Bertz CT molecular complexity index is 1550. The van der Waals surface area contributed by atoms with E-state index in [9.17, 15) is 9.59 Å². The number of nitrogens with one attached hydrogen (secondary N) is 1. The Morgan fingerprint density at radius 1 is 1.03 bits per heavy atom. The van der Waals surface area contributed by atoms with Crippen molar-refractivity contribution in [2.75, 3.05) is 12.4 Å². The Morgan fingerprint density at radius 3 is 2.53 bits per heavy atom. The van der Waals surface area contributed by atoms with E-state index in [0.717, 1.165) is 27.8 Å². The molecule has 2 heterocycles. The first-order valence-electron chi connectivity index (χ1n) is 11.0. The molecule has 0 radical (unpaired) electrons. The van der Waals surface area contributed by atoms with E-state index in [0.29, 0.717) is 23.3 Å². The van der Waals surface area contributed by atoms with E-state index in [4.69, 9.17) is 4.74 Å². The van der Waals surface area contributed by atoms with Gasteiger partial charge in [0.2, 0.25) is 5.91 Å². The number of ether oxygens (including phenoxy) is 1. The molecule has 7 nitrogen and oxygen atoms in total. The van der Waals surface area contributed by atoms with Gasteiger partial charge in [-0.3, -0.25) is 14.2 Å². The Kier molecular flexibility index (Phi) is 5.59. The molecule has 5 rings (SSSR count). The molecule has 1 amide bonds. The van der Waals surface area contributed by atoms with Gasteiger partial charge in [0.15, 0.2) is 0 Å². The Hall–Kier alpha value is -4.39. The summed E-state index contributed by atoms with van der Waals surface area (Å²) in [6.45, 7) is 2.36. The van der Waals surface area contributed by atoms with Crippen molar-refractivity contribution in [2.45, 2.75) is 20.0 Å². The number of methoxy groups -OCH3 is 1. The second-order valence-corrected chi connectivity index (χ2v) is 8.24. The lowest BCUT2D eigenvalue weighted by molar-refractivity contribution is -0.116. The summed E-state index contributed by atoms with van der Waals surface area (Å²) in [5, 5.41) is 3.76. The standard InChI is InChI=1S/C27H24N4O3/c1-18-8-13-23-22(14-18)25-26(31(23)16-24(32)29-20-6-4-3-5-7-20)27(33)30(17-28-25)15-19-9-11-21(34-2)12-10-19/h3-14,17H,15-16H2,1-2H3,(H,29,32). The van der Waals surface area contributed by atoms with Crippen molar-refractivity contribution in [1.82, 2.24) is 14.1 Å². The van der Waals surface area contributed by atoms with Gasteiger partial charge in [0, 0.05) is 11.1 Å². The van der Waals surface area contributed by atoms with Crippen molar-refractivity contribution in [1.29, 1.82) is 0 Å². The summed E-state index contributed by atoms with van der Waals surface area (Å²) in [6, 6.07) is 22.8. The van der Waals surface area contributed by atoms with Gasteiger partial charge in [-0.15, -0.1) is 0 Å². The highest BCUT2D eigenvalue weighted by Gasteiger charge is 2.19. The van der Waals surface area contributed by atoms with Crippen LogP contribution in [0.25, 0.3) is 21.9 Å². The van der Waals surface area contributed by atoms with Crippen LogP contribution in [0, 0.1) is 6.92 Å². The third-order valence-electron chi connectivity index (χ3n) is 5.85. The lowest BCUT2D eigenvalue weighted by Crippen LogP contribution is -2.25. The number of anilines is 1. The van der Waals surface area contributed by atoms with Gasteiger partial charge in [-0.05, 0) is 48.9 Å². The first-order valence-corrected chi connectivity index (χ1v) is 11.0. The zero-order valence-electron chi connectivity index (χ0n) is 19.0. The number of aryl methyl sites for hydroxylation is 1. The monoisotopic (exact) mass is 452 g/mol. The van der Waals surface area contributed by atoms with Crippen LogP contribution in [0.3, 0.4) is 0 Å². The molecule has 2 aromatic heterocycles. The quantitative estimate of drug-likeness (QED) is 0.415. The molecule has 0 atom stereocenters. The minimum Gasteiger partial charge on any atom is -0.497 e. The summed E-state index contributed by atoms with van der Waals surface area (Å²) < 4.78 is 8.55. The molecule has 0 spiro atoms. The first-order chi connectivity index (χ1) is 16.5. The number of hydrogen-bond acceptors (Lipinski definition) is 4. The molecule has 34 heavy (non-hydrogen) atoms. The second-order valence-electron chi connectivity index (χ2n) is 8.24. The Labute approximate surface area is 196 Å². The van der Waals surface area contributed by atoms with Crippen LogP contribution in [0.1, 0.15) is 11.1 Å². The zero-order valence-corrected chi connectivity index (χ0v) is 19.0. The molecule has 0 bridgehead atoms. The van der Waals surface area contributed by atoms with Crippen LogP contribution in [0.5, 0.6) is 5.75 Å². The van der Waals surface area contributed by atoms with Crippen molar-refractivity contribution >= 4 is 33.5 Å². The fourth-order valence-corrected chi connectivity index (χ4v) is 4.18. The van der Waals surface area contributed by atoms with Gasteiger partial charge >= 0.3 is 0 Å². The first kappa shape index (κ1) is 21.5. The number of carbonyl (C=O) groups excluding carboxylic acids is 1.